The summed E-state index contributed by atoms with van der Waals surface area (Å²) in [6.07, 6.45) is 15.2. The SMILES string of the molecule is Cc1cc(OCCCCC2CCCCC2)ccc1/C=C/CNCCC(=O)O.Cl. The third-order valence-corrected chi connectivity index (χ3v) is 5.32. The molecule has 0 amide bonds. The van der Waals surface area contributed by atoms with Crippen LogP contribution in [0.1, 0.15) is 68.9 Å². The molecule has 4 nitrogen and oxygen atoms in total. The van der Waals surface area contributed by atoms with Crippen LogP contribution in [0.5, 0.6) is 5.75 Å². The van der Waals surface area contributed by atoms with Crippen LogP contribution in [-0.2, 0) is 4.79 Å². The zero-order valence-corrected chi connectivity index (χ0v) is 17.9. The second kappa shape index (κ2) is 14.5. The first kappa shape index (κ1) is 24.5. The third-order valence-electron chi connectivity index (χ3n) is 5.32. The van der Waals surface area contributed by atoms with Crippen molar-refractivity contribution in [1.29, 1.82) is 0 Å². The van der Waals surface area contributed by atoms with Gasteiger partial charge < -0.3 is 15.2 Å². The summed E-state index contributed by atoms with van der Waals surface area (Å²) >= 11 is 0. The summed E-state index contributed by atoms with van der Waals surface area (Å²) in [6, 6.07) is 6.21. The minimum absolute atomic E-state index is 0. The Bertz CT molecular complexity index is 598. The zero-order valence-electron chi connectivity index (χ0n) is 17.1. The second-order valence-corrected chi connectivity index (χ2v) is 7.62. The van der Waals surface area contributed by atoms with Crippen LogP contribution in [0.15, 0.2) is 24.3 Å². The first-order chi connectivity index (χ1) is 13.1. The quantitative estimate of drug-likeness (QED) is 0.439. The molecule has 28 heavy (non-hydrogen) atoms. The third kappa shape index (κ3) is 10.1. The average Bonchev–Trinajstić information content (AvgIpc) is 2.66. The topological polar surface area (TPSA) is 58.6 Å². The van der Waals surface area contributed by atoms with Gasteiger partial charge in [0.25, 0.3) is 0 Å². The zero-order chi connectivity index (χ0) is 19.3. The molecule has 1 saturated carbocycles. The van der Waals surface area contributed by atoms with Crippen LogP contribution in [0.25, 0.3) is 6.08 Å². The number of carbonyl (C=O) groups is 1. The Balaban J connectivity index is 0.00000392. The maximum atomic E-state index is 10.4. The summed E-state index contributed by atoms with van der Waals surface area (Å²) in [5.74, 6) is 1.14. The van der Waals surface area contributed by atoms with Crippen LogP contribution < -0.4 is 10.1 Å². The molecule has 0 unspecified atom stereocenters. The van der Waals surface area contributed by atoms with Gasteiger partial charge in [-0.25, -0.2) is 0 Å². The molecule has 158 valence electrons. The van der Waals surface area contributed by atoms with Gasteiger partial charge in [-0.3, -0.25) is 4.79 Å². The minimum Gasteiger partial charge on any atom is -0.494 e. The Kier molecular flexibility index (Phi) is 12.7. The van der Waals surface area contributed by atoms with Gasteiger partial charge in [-0.2, -0.15) is 0 Å². The number of carboxylic acid groups (broad SMARTS) is 1. The Morgan fingerprint density at radius 3 is 2.75 bits per heavy atom. The number of nitrogens with one attached hydrogen (secondary N) is 1. The number of benzene rings is 1. The lowest BCUT2D eigenvalue weighted by molar-refractivity contribution is -0.136. The van der Waals surface area contributed by atoms with E-state index in [1.807, 2.05) is 12.1 Å². The Labute approximate surface area is 176 Å². The number of hydrogen-bond acceptors (Lipinski definition) is 3. The van der Waals surface area contributed by atoms with E-state index >= 15 is 0 Å². The fourth-order valence-electron chi connectivity index (χ4n) is 3.69. The maximum absolute atomic E-state index is 10.4. The lowest BCUT2D eigenvalue weighted by atomic mass is 9.86. The van der Waals surface area contributed by atoms with E-state index in [9.17, 15) is 4.79 Å². The molecule has 1 aliphatic rings. The molecule has 2 N–H and O–H groups in total. The molecular formula is C23H36ClNO3. The van der Waals surface area contributed by atoms with Crippen molar-refractivity contribution in [2.45, 2.75) is 64.7 Å². The summed E-state index contributed by atoms with van der Waals surface area (Å²) < 4.78 is 5.92. The van der Waals surface area contributed by atoms with Crippen molar-refractivity contribution >= 4 is 24.5 Å². The van der Waals surface area contributed by atoms with E-state index < -0.39 is 5.97 Å². The largest absolute Gasteiger partial charge is 0.494 e. The van der Waals surface area contributed by atoms with Crippen molar-refractivity contribution < 1.29 is 14.6 Å². The average molecular weight is 410 g/mol. The summed E-state index contributed by atoms with van der Waals surface area (Å²) in [7, 11) is 0. The normalized spacial score (nSPS) is 14.8. The number of halogens is 1. The van der Waals surface area contributed by atoms with Gasteiger partial charge in [0.15, 0.2) is 0 Å². The van der Waals surface area contributed by atoms with E-state index in [1.54, 1.807) is 0 Å². The van der Waals surface area contributed by atoms with Crippen LogP contribution in [0.3, 0.4) is 0 Å². The minimum atomic E-state index is -0.771. The molecule has 1 aromatic carbocycles. The molecule has 1 aliphatic carbocycles. The molecule has 1 aromatic rings. The number of hydrogen-bond donors (Lipinski definition) is 2. The van der Waals surface area contributed by atoms with E-state index in [0.29, 0.717) is 13.1 Å². The lowest BCUT2D eigenvalue weighted by Gasteiger charge is -2.21. The molecule has 5 heteroatoms. The van der Waals surface area contributed by atoms with E-state index in [0.717, 1.165) is 24.7 Å². The van der Waals surface area contributed by atoms with Crippen molar-refractivity contribution in [3.05, 3.63) is 35.4 Å². The van der Waals surface area contributed by atoms with Crippen LogP contribution in [0.2, 0.25) is 0 Å². The number of ether oxygens (including phenoxy) is 1. The fraction of sp³-hybridized carbons (Fsp3) is 0.609. The van der Waals surface area contributed by atoms with Gasteiger partial charge in [0.1, 0.15) is 5.75 Å². The molecule has 0 aromatic heterocycles. The van der Waals surface area contributed by atoms with E-state index in [2.05, 4.69) is 30.4 Å². The molecule has 0 spiro atoms. The smallest absolute Gasteiger partial charge is 0.304 e. The Morgan fingerprint density at radius 1 is 1.25 bits per heavy atom. The number of unbranched alkanes of at least 4 members (excludes halogenated alkanes) is 1. The first-order valence-electron chi connectivity index (χ1n) is 10.5. The number of rotatable bonds is 12. The van der Waals surface area contributed by atoms with Crippen molar-refractivity contribution in [3.8, 4) is 5.75 Å². The molecule has 0 radical (unpaired) electrons. The summed E-state index contributed by atoms with van der Waals surface area (Å²) in [5, 5.41) is 11.7. The van der Waals surface area contributed by atoms with Gasteiger partial charge in [0.2, 0.25) is 0 Å². The van der Waals surface area contributed by atoms with Gasteiger partial charge in [0, 0.05) is 13.1 Å². The van der Waals surface area contributed by atoms with Gasteiger partial charge in [-0.05, 0) is 48.9 Å². The fourth-order valence-corrected chi connectivity index (χ4v) is 3.69. The van der Waals surface area contributed by atoms with Gasteiger partial charge >= 0.3 is 5.97 Å². The molecule has 0 atom stereocenters. The van der Waals surface area contributed by atoms with Crippen LogP contribution in [0, 0.1) is 12.8 Å². The molecule has 0 saturated heterocycles. The van der Waals surface area contributed by atoms with Gasteiger partial charge in [-0.15, -0.1) is 12.4 Å². The molecule has 1 fully saturated rings. The van der Waals surface area contributed by atoms with Gasteiger partial charge in [0.05, 0.1) is 13.0 Å². The monoisotopic (exact) mass is 409 g/mol. The standard InChI is InChI=1S/C23H35NO3.ClH/c1-19-18-22(27-17-6-5-10-20-8-3-2-4-9-20)13-12-21(19)11-7-15-24-16-14-23(25)26;/h7,11-13,18,20,24H,2-6,8-10,14-17H2,1H3,(H,25,26);1H/b11-7+;. The Hall–Kier alpha value is -1.52. The molecule has 2 rings (SSSR count). The van der Waals surface area contributed by atoms with E-state index in [1.165, 1.54) is 56.1 Å². The molecular weight excluding hydrogens is 374 g/mol. The summed E-state index contributed by atoms with van der Waals surface area (Å²) in [4.78, 5) is 10.4. The van der Waals surface area contributed by atoms with E-state index in [4.69, 9.17) is 9.84 Å². The molecule has 0 bridgehead atoms. The van der Waals surface area contributed by atoms with Crippen LogP contribution >= 0.6 is 12.4 Å². The van der Waals surface area contributed by atoms with Gasteiger partial charge in [-0.1, -0.05) is 56.7 Å². The predicted molar refractivity (Wildman–Crippen MR) is 119 cm³/mol. The van der Waals surface area contributed by atoms with Crippen LogP contribution in [0.4, 0.5) is 0 Å². The Morgan fingerprint density at radius 2 is 2.04 bits per heavy atom. The highest BCUT2D eigenvalue weighted by atomic mass is 35.5. The summed E-state index contributed by atoms with van der Waals surface area (Å²) in [6.45, 7) is 4.06. The second-order valence-electron chi connectivity index (χ2n) is 7.62. The summed E-state index contributed by atoms with van der Waals surface area (Å²) in [5.41, 5.74) is 2.36. The number of aliphatic carboxylic acids is 1. The predicted octanol–water partition coefficient (Wildman–Crippen LogP) is 5.62. The van der Waals surface area contributed by atoms with Crippen molar-refractivity contribution in [1.82, 2.24) is 5.32 Å². The van der Waals surface area contributed by atoms with E-state index in [-0.39, 0.29) is 18.8 Å². The van der Waals surface area contributed by atoms with Crippen molar-refractivity contribution in [2.75, 3.05) is 19.7 Å². The highest BCUT2D eigenvalue weighted by Gasteiger charge is 2.12. The number of carboxylic acids is 1. The first-order valence-corrected chi connectivity index (χ1v) is 10.5. The highest BCUT2D eigenvalue weighted by Crippen LogP contribution is 2.27. The maximum Gasteiger partial charge on any atom is 0.304 e. The van der Waals surface area contributed by atoms with Crippen molar-refractivity contribution in [2.24, 2.45) is 5.92 Å². The highest BCUT2D eigenvalue weighted by molar-refractivity contribution is 5.85. The number of aryl methyl sites for hydroxylation is 1. The molecule has 0 aliphatic heterocycles. The molecule has 0 heterocycles. The van der Waals surface area contributed by atoms with Crippen LogP contribution in [-0.4, -0.2) is 30.8 Å². The lowest BCUT2D eigenvalue weighted by Crippen LogP contribution is -2.17. The van der Waals surface area contributed by atoms with Crippen molar-refractivity contribution in [3.63, 3.8) is 0 Å².